The lowest BCUT2D eigenvalue weighted by Crippen LogP contribution is -2.53. The third-order valence-electron chi connectivity index (χ3n) is 9.58. The molecule has 0 bridgehead atoms. The number of alkyl carbamates (subject to hydrolysis) is 1. The number of nitrogens with zero attached hydrogens (tertiary/aromatic N) is 4. The van der Waals surface area contributed by atoms with Crippen molar-refractivity contribution in [1.82, 2.24) is 10.2 Å². The zero-order chi connectivity index (χ0) is 32.7. The molecule has 9 nitrogen and oxygen atoms in total. The summed E-state index contributed by atoms with van der Waals surface area (Å²) < 4.78 is 31.8. The Balaban J connectivity index is 1.20. The van der Waals surface area contributed by atoms with Crippen LogP contribution in [0, 0.1) is 23.2 Å². The first-order chi connectivity index (χ1) is 22.3. The summed E-state index contributed by atoms with van der Waals surface area (Å²) in [5, 5.41) is 13.4. The van der Waals surface area contributed by atoms with Crippen molar-refractivity contribution in [2.24, 2.45) is 16.8 Å². The highest BCUT2D eigenvalue weighted by Crippen LogP contribution is 2.48. The van der Waals surface area contributed by atoms with E-state index in [2.05, 4.69) is 39.0 Å². The molecular weight excluding hydrogens is 598 g/mol. The van der Waals surface area contributed by atoms with Gasteiger partial charge in [-0.25, -0.2) is 13.2 Å². The van der Waals surface area contributed by atoms with Crippen molar-refractivity contribution >= 4 is 28.3 Å². The van der Waals surface area contributed by atoms with E-state index in [0.717, 1.165) is 68.8 Å². The smallest absolute Gasteiger partial charge is 0.407 e. The van der Waals surface area contributed by atoms with Crippen molar-refractivity contribution in [3.63, 3.8) is 0 Å². The third kappa shape index (κ3) is 6.67. The summed E-state index contributed by atoms with van der Waals surface area (Å²) in [5.41, 5.74) is 2.06. The highest BCUT2D eigenvalue weighted by atomic mass is 32.2. The SMILES string of the molecule is C=N/C=C\C(=C/C)S(=O)(=O)c1ccc(N2CC(CN3CCC(C(C#N)(C4=CCC[C@@H]4OC(=O)NC)c4ccccc4)CC3)C2)cc1. The fourth-order valence-electron chi connectivity index (χ4n) is 7.21. The van der Waals surface area contributed by atoms with Gasteiger partial charge in [0.2, 0.25) is 9.84 Å². The van der Waals surface area contributed by atoms with Gasteiger partial charge in [0.15, 0.2) is 0 Å². The van der Waals surface area contributed by atoms with E-state index in [1.165, 1.54) is 12.3 Å². The Bertz CT molecular complexity index is 1630. The van der Waals surface area contributed by atoms with Crippen LogP contribution in [0.3, 0.4) is 0 Å². The number of allylic oxidation sites excluding steroid dienone is 3. The van der Waals surface area contributed by atoms with E-state index >= 15 is 0 Å². The van der Waals surface area contributed by atoms with Crippen LogP contribution >= 0.6 is 0 Å². The summed E-state index contributed by atoms with van der Waals surface area (Å²) in [7, 11) is -2.07. The van der Waals surface area contributed by atoms with Gasteiger partial charge in [0, 0.05) is 44.5 Å². The molecule has 0 saturated carbocycles. The average Bonchev–Trinajstić information content (AvgIpc) is 3.52. The summed E-state index contributed by atoms with van der Waals surface area (Å²) in [6.45, 7) is 9.68. The number of amides is 1. The van der Waals surface area contributed by atoms with E-state index in [1.54, 1.807) is 32.2 Å². The second kappa shape index (κ2) is 14.5. The number of nitriles is 1. The minimum Gasteiger partial charge on any atom is -0.442 e. The van der Waals surface area contributed by atoms with E-state index in [0.29, 0.717) is 12.3 Å². The van der Waals surface area contributed by atoms with Crippen LogP contribution in [-0.4, -0.2) is 72.0 Å². The molecule has 1 amide bonds. The number of nitrogens with one attached hydrogen (secondary N) is 1. The topological polar surface area (TPSA) is 115 Å². The Morgan fingerprint density at radius 1 is 1.13 bits per heavy atom. The van der Waals surface area contributed by atoms with Crippen molar-refractivity contribution in [2.75, 3.05) is 44.7 Å². The molecule has 0 aromatic heterocycles. The van der Waals surface area contributed by atoms with E-state index < -0.39 is 27.4 Å². The molecule has 1 N–H and O–H groups in total. The number of sulfone groups is 1. The molecule has 2 saturated heterocycles. The molecule has 2 heterocycles. The Morgan fingerprint density at radius 3 is 2.43 bits per heavy atom. The van der Waals surface area contributed by atoms with Gasteiger partial charge in [0.1, 0.15) is 11.5 Å². The predicted octanol–water partition coefficient (Wildman–Crippen LogP) is 5.63. The number of anilines is 1. The van der Waals surface area contributed by atoms with Gasteiger partial charge in [-0.05, 0) is 99.8 Å². The van der Waals surface area contributed by atoms with Crippen molar-refractivity contribution in [1.29, 1.82) is 5.26 Å². The molecule has 1 aliphatic carbocycles. The molecule has 2 aromatic rings. The Labute approximate surface area is 272 Å². The highest BCUT2D eigenvalue weighted by molar-refractivity contribution is 7.95. The molecule has 46 heavy (non-hydrogen) atoms. The summed E-state index contributed by atoms with van der Waals surface area (Å²) in [6.07, 6.45) is 8.85. The lowest BCUT2D eigenvalue weighted by Gasteiger charge is -2.46. The maximum Gasteiger partial charge on any atom is 0.407 e. The largest absolute Gasteiger partial charge is 0.442 e. The van der Waals surface area contributed by atoms with Crippen LogP contribution < -0.4 is 10.2 Å². The van der Waals surface area contributed by atoms with Crippen molar-refractivity contribution < 1.29 is 17.9 Å². The van der Waals surface area contributed by atoms with E-state index in [-0.39, 0.29) is 15.7 Å². The second-order valence-electron chi connectivity index (χ2n) is 12.2. The van der Waals surface area contributed by atoms with Crippen LogP contribution in [0.5, 0.6) is 0 Å². The highest BCUT2D eigenvalue weighted by Gasteiger charge is 2.49. The van der Waals surface area contributed by atoms with Crippen molar-refractivity contribution in [2.45, 2.75) is 49.0 Å². The van der Waals surface area contributed by atoms with Gasteiger partial charge in [-0.1, -0.05) is 42.5 Å². The number of carbonyl (C=O) groups excluding carboxylic acids is 1. The quantitative estimate of drug-likeness (QED) is 0.192. The van der Waals surface area contributed by atoms with Gasteiger partial charge < -0.3 is 19.9 Å². The third-order valence-corrected chi connectivity index (χ3v) is 11.5. The molecule has 1 unspecified atom stereocenters. The molecule has 0 radical (unpaired) electrons. The maximum atomic E-state index is 13.0. The van der Waals surface area contributed by atoms with Crippen molar-refractivity contribution in [3.8, 4) is 6.07 Å². The fraction of sp³-hybridized carbons (Fsp3) is 0.417. The first-order valence-electron chi connectivity index (χ1n) is 15.9. The Hall–Kier alpha value is -4.20. The Morgan fingerprint density at radius 2 is 1.83 bits per heavy atom. The molecule has 10 heteroatoms. The molecule has 3 aliphatic rings. The molecule has 2 atom stereocenters. The predicted molar refractivity (Wildman–Crippen MR) is 181 cm³/mol. The number of benzene rings is 2. The standard InChI is InChI=1S/C36H43N5O4S/c1-4-31(17-20-38-2)46(43,44)32-15-13-30(14-16-32)41-24-27(25-41)23-40-21-18-29(19-22-40)36(26-37,28-9-6-5-7-10-28)33-11-8-12-34(33)45-35(42)39-3/h4-7,9-11,13-17,20,27,29,34H,2,8,12,18-19,21-25H2,1,3H3,(H,39,42)/b20-17-,31-4+/t34-,36?/m0/s1. The zero-order valence-electron chi connectivity index (χ0n) is 26.6. The number of piperidine rings is 1. The van der Waals surface area contributed by atoms with E-state index in [1.807, 2.05) is 42.5 Å². The van der Waals surface area contributed by atoms with Crippen LogP contribution in [0.1, 0.15) is 38.2 Å². The number of rotatable bonds is 11. The summed E-state index contributed by atoms with van der Waals surface area (Å²) in [5.74, 6) is 0.624. The number of hydrogen-bond acceptors (Lipinski definition) is 8. The van der Waals surface area contributed by atoms with Crippen LogP contribution in [-0.2, 0) is 20.0 Å². The second-order valence-corrected chi connectivity index (χ2v) is 14.1. The fourth-order valence-corrected chi connectivity index (χ4v) is 8.53. The van der Waals surface area contributed by atoms with Gasteiger partial charge in [-0.3, -0.25) is 4.99 Å². The Kier molecular flexibility index (Phi) is 10.4. The number of likely N-dealkylation sites (tertiary alicyclic amines) is 1. The first-order valence-corrected chi connectivity index (χ1v) is 17.4. The number of aliphatic imine (C=N–C) groups is 1. The van der Waals surface area contributed by atoms with Gasteiger partial charge in [-0.2, -0.15) is 5.26 Å². The number of hydrogen-bond donors (Lipinski definition) is 1. The maximum absolute atomic E-state index is 13.0. The molecule has 2 aromatic carbocycles. The summed E-state index contributed by atoms with van der Waals surface area (Å²) >= 11 is 0. The van der Waals surface area contributed by atoms with Gasteiger partial charge in [0.05, 0.1) is 15.9 Å². The number of ether oxygens (including phenoxy) is 1. The van der Waals surface area contributed by atoms with Gasteiger partial charge >= 0.3 is 6.09 Å². The van der Waals surface area contributed by atoms with Crippen LogP contribution in [0.15, 0.2) is 99.4 Å². The molecule has 5 rings (SSSR count). The molecule has 2 fully saturated rings. The van der Waals surface area contributed by atoms with Crippen LogP contribution in [0.4, 0.5) is 10.5 Å². The van der Waals surface area contributed by atoms with Gasteiger partial charge in [0.25, 0.3) is 0 Å². The minimum atomic E-state index is -3.62. The zero-order valence-corrected chi connectivity index (χ0v) is 27.5. The van der Waals surface area contributed by atoms with Gasteiger partial charge in [-0.15, -0.1) is 0 Å². The summed E-state index contributed by atoms with van der Waals surface area (Å²) in [4.78, 5) is 21.0. The first kappa shape index (κ1) is 33.2. The van der Waals surface area contributed by atoms with Crippen LogP contribution in [0.25, 0.3) is 0 Å². The molecular formula is C36H43N5O4S. The molecule has 0 spiro atoms. The van der Waals surface area contributed by atoms with E-state index in [9.17, 15) is 18.5 Å². The molecule has 242 valence electrons. The van der Waals surface area contributed by atoms with Crippen LogP contribution in [0.2, 0.25) is 0 Å². The lowest BCUT2D eigenvalue weighted by atomic mass is 9.62. The molecule has 2 aliphatic heterocycles. The monoisotopic (exact) mass is 641 g/mol. The average molecular weight is 642 g/mol. The summed E-state index contributed by atoms with van der Waals surface area (Å²) in [6, 6.07) is 19.8. The normalized spacial score (nSPS) is 21.2. The number of carbonyl (C=O) groups is 1. The van der Waals surface area contributed by atoms with Crippen molar-refractivity contribution in [3.05, 3.63) is 95.1 Å². The minimum absolute atomic E-state index is 0.107. The van der Waals surface area contributed by atoms with E-state index in [4.69, 9.17) is 4.74 Å². The lowest BCUT2D eigenvalue weighted by molar-refractivity contribution is 0.0979.